The van der Waals surface area contributed by atoms with Crippen LogP contribution in [0.2, 0.25) is 0 Å². The van der Waals surface area contributed by atoms with Crippen LogP contribution < -0.4 is 0 Å². The van der Waals surface area contributed by atoms with Crippen molar-refractivity contribution < 1.29 is 18.0 Å². The Morgan fingerprint density at radius 2 is 1.70 bits per heavy atom. The molecule has 1 saturated heterocycles. The summed E-state index contributed by atoms with van der Waals surface area (Å²) in [6, 6.07) is 21.8. The third kappa shape index (κ3) is 5.42. The molecule has 0 N–H and O–H groups in total. The lowest BCUT2D eigenvalue weighted by molar-refractivity contribution is -0.137. The van der Waals surface area contributed by atoms with Crippen LogP contribution >= 0.6 is 0 Å². The molecule has 0 spiro atoms. The summed E-state index contributed by atoms with van der Waals surface area (Å²) in [5.74, 6) is -0.348. The van der Waals surface area contributed by atoms with Gasteiger partial charge in [-0.2, -0.15) is 13.2 Å². The Labute approximate surface area is 214 Å². The zero-order valence-corrected chi connectivity index (χ0v) is 21.0. The van der Waals surface area contributed by atoms with Crippen molar-refractivity contribution in [2.75, 3.05) is 19.6 Å². The predicted octanol–water partition coefficient (Wildman–Crippen LogP) is 6.07. The summed E-state index contributed by atoms with van der Waals surface area (Å²) in [5.41, 5.74) is 3.16. The molecule has 37 heavy (non-hydrogen) atoms. The van der Waals surface area contributed by atoms with Crippen LogP contribution in [0.1, 0.15) is 32.6 Å². The number of aromatic nitrogens is 1. The molecule has 4 nitrogen and oxygen atoms in total. The van der Waals surface area contributed by atoms with E-state index >= 15 is 0 Å². The Bertz CT molecular complexity index is 1410. The second kappa shape index (κ2) is 10.1. The molecule has 1 atom stereocenters. The third-order valence-electron chi connectivity index (χ3n) is 7.16. The van der Waals surface area contributed by atoms with Crippen molar-refractivity contribution in [3.05, 3.63) is 107 Å². The first kappa shape index (κ1) is 25.1. The lowest BCUT2D eigenvalue weighted by atomic mass is 9.99. The fourth-order valence-electron chi connectivity index (χ4n) is 5.43. The number of halogens is 3. The van der Waals surface area contributed by atoms with Gasteiger partial charge < -0.3 is 9.47 Å². The number of hydrogen-bond donors (Lipinski definition) is 0. The highest BCUT2D eigenvalue weighted by molar-refractivity contribution is 5.95. The van der Waals surface area contributed by atoms with Gasteiger partial charge in [0.05, 0.1) is 5.56 Å². The zero-order valence-electron chi connectivity index (χ0n) is 21.0. The average molecular weight is 506 g/mol. The van der Waals surface area contributed by atoms with Gasteiger partial charge in [-0.05, 0) is 54.3 Å². The van der Waals surface area contributed by atoms with Crippen LogP contribution in [0, 0.1) is 6.92 Å². The molecule has 3 aromatic carbocycles. The Balaban J connectivity index is 1.46. The Morgan fingerprint density at radius 1 is 0.973 bits per heavy atom. The highest BCUT2D eigenvalue weighted by Crippen LogP contribution is 2.32. The van der Waals surface area contributed by atoms with Crippen LogP contribution in [0.3, 0.4) is 0 Å². The lowest BCUT2D eigenvalue weighted by Crippen LogP contribution is -2.55. The van der Waals surface area contributed by atoms with E-state index in [-0.39, 0.29) is 17.5 Å². The third-order valence-corrected chi connectivity index (χ3v) is 7.16. The minimum Gasteiger partial charge on any atom is -0.350 e. The molecule has 192 valence electrons. The molecule has 1 aliphatic rings. The minimum absolute atomic E-state index is 0.0896. The van der Waals surface area contributed by atoms with Crippen molar-refractivity contribution in [1.29, 1.82) is 0 Å². The number of amides is 1. The molecule has 5 rings (SSSR count). The number of alkyl halides is 3. The molecule has 1 aliphatic heterocycles. The zero-order chi connectivity index (χ0) is 26.2. The molecule has 2 heterocycles. The van der Waals surface area contributed by atoms with Crippen molar-refractivity contribution in [3.63, 3.8) is 0 Å². The smallest absolute Gasteiger partial charge is 0.350 e. The van der Waals surface area contributed by atoms with Gasteiger partial charge in [0.25, 0.3) is 5.91 Å². The number of fused-ring (bicyclic) bond motifs is 1. The van der Waals surface area contributed by atoms with E-state index < -0.39 is 11.7 Å². The molecule has 0 bridgehead atoms. The van der Waals surface area contributed by atoms with Gasteiger partial charge in [0.2, 0.25) is 0 Å². The van der Waals surface area contributed by atoms with E-state index in [4.69, 9.17) is 0 Å². The summed E-state index contributed by atoms with van der Waals surface area (Å²) in [7, 11) is 2.00. The first-order chi connectivity index (χ1) is 17.7. The van der Waals surface area contributed by atoms with Gasteiger partial charge in [-0.1, -0.05) is 48.5 Å². The van der Waals surface area contributed by atoms with E-state index in [1.165, 1.54) is 5.56 Å². The standard InChI is InChI=1S/C30H30F3N3O/c1-21-14-23(16-25(15-21)30(31,32)33)29(37)36-13-12-35(18-22-8-4-3-5-9-22)20-26(36)17-24-19-34(2)28-11-7-6-10-27(24)28/h3-11,14-16,19,26H,12-13,17-18,20H2,1-2H3. The molecular formula is C30H30F3N3O. The van der Waals surface area contributed by atoms with Crippen molar-refractivity contribution in [2.24, 2.45) is 7.05 Å². The summed E-state index contributed by atoms with van der Waals surface area (Å²) < 4.78 is 42.6. The SMILES string of the molecule is Cc1cc(C(=O)N2CCN(Cc3ccccc3)CC2Cc2cn(C)c3ccccc23)cc(C(F)(F)F)c1. The van der Waals surface area contributed by atoms with Crippen LogP contribution in [-0.4, -0.2) is 46.0 Å². The van der Waals surface area contributed by atoms with E-state index in [9.17, 15) is 18.0 Å². The highest BCUT2D eigenvalue weighted by Gasteiger charge is 2.35. The van der Waals surface area contributed by atoms with Gasteiger partial charge in [0, 0.05) is 61.9 Å². The van der Waals surface area contributed by atoms with Crippen LogP contribution in [0.5, 0.6) is 0 Å². The topological polar surface area (TPSA) is 28.5 Å². The number of para-hydroxylation sites is 1. The molecule has 0 saturated carbocycles. The quantitative estimate of drug-likeness (QED) is 0.329. The number of carbonyl (C=O) groups excluding carboxylic acids is 1. The maximum atomic E-state index is 13.7. The summed E-state index contributed by atoms with van der Waals surface area (Å²) >= 11 is 0. The molecule has 1 aromatic heterocycles. The van der Waals surface area contributed by atoms with Gasteiger partial charge >= 0.3 is 6.18 Å². The Hall–Kier alpha value is -3.58. The number of piperazine rings is 1. The number of nitrogens with zero attached hydrogens (tertiary/aromatic N) is 3. The minimum atomic E-state index is -4.50. The van der Waals surface area contributed by atoms with Crippen LogP contribution in [0.25, 0.3) is 10.9 Å². The van der Waals surface area contributed by atoms with Crippen LogP contribution in [0.15, 0.2) is 79.0 Å². The van der Waals surface area contributed by atoms with Crippen LogP contribution in [-0.2, 0) is 26.2 Å². The molecule has 0 aliphatic carbocycles. The predicted molar refractivity (Wildman–Crippen MR) is 139 cm³/mol. The largest absolute Gasteiger partial charge is 0.416 e. The fraction of sp³-hybridized carbons (Fsp3) is 0.300. The number of benzene rings is 3. The van der Waals surface area contributed by atoms with E-state index in [1.807, 2.05) is 37.4 Å². The summed E-state index contributed by atoms with van der Waals surface area (Å²) in [4.78, 5) is 17.8. The van der Waals surface area contributed by atoms with Gasteiger partial charge in [-0.3, -0.25) is 9.69 Å². The maximum Gasteiger partial charge on any atom is 0.416 e. The monoisotopic (exact) mass is 505 g/mol. The molecular weight excluding hydrogens is 475 g/mol. The van der Waals surface area contributed by atoms with Crippen molar-refractivity contribution in [2.45, 2.75) is 32.1 Å². The fourth-order valence-corrected chi connectivity index (χ4v) is 5.43. The molecule has 1 fully saturated rings. The number of aryl methyl sites for hydroxylation is 2. The van der Waals surface area contributed by atoms with E-state index in [1.54, 1.807) is 17.9 Å². The first-order valence-electron chi connectivity index (χ1n) is 12.5. The molecule has 4 aromatic rings. The number of rotatable bonds is 5. The van der Waals surface area contributed by atoms with E-state index in [0.717, 1.165) is 35.1 Å². The van der Waals surface area contributed by atoms with Gasteiger partial charge in [-0.15, -0.1) is 0 Å². The summed E-state index contributed by atoms with van der Waals surface area (Å²) in [6.45, 7) is 4.11. The maximum absolute atomic E-state index is 13.7. The first-order valence-corrected chi connectivity index (χ1v) is 12.5. The van der Waals surface area contributed by atoms with Crippen molar-refractivity contribution >= 4 is 16.8 Å². The van der Waals surface area contributed by atoms with Crippen molar-refractivity contribution in [3.8, 4) is 0 Å². The van der Waals surface area contributed by atoms with E-state index in [0.29, 0.717) is 31.6 Å². The molecule has 1 unspecified atom stereocenters. The Kier molecular flexibility index (Phi) is 6.82. The van der Waals surface area contributed by atoms with Crippen molar-refractivity contribution in [1.82, 2.24) is 14.4 Å². The number of hydrogen-bond acceptors (Lipinski definition) is 2. The Morgan fingerprint density at radius 3 is 2.46 bits per heavy atom. The normalized spacial score (nSPS) is 16.9. The molecule has 0 radical (unpaired) electrons. The second-order valence-electron chi connectivity index (χ2n) is 9.95. The van der Waals surface area contributed by atoms with Gasteiger partial charge in [0.1, 0.15) is 0 Å². The highest BCUT2D eigenvalue weighted by atomic mass is 19.4. The molecule has 1 amide bonds. The van der Waals surface area contributed by atoms with Crippen LogP contribution in [0.4, 0.5) is 13.2 Å². The second-order valence-corrected chi connectivity index (χ2v) is 9.95. The molecule has 7 heteroatoms. The lowest BCUT2D eigenvalue weighted by Gasteiger charge is -2.42. The van der Waals surface area contributed by atoms with Gasteiger partial charge in [0.15, 0.2) is 0 Å². The summed E-state index contributed by atoms with van der Waals surface area (Å²) in [5, 5.41) is 1.13. The summed E-state index contributed by atoms with van der Waals surface area (Å²) in [6.07, 6.45) is -1.79. The van der Waals surface area contributed by atoms with Gasteiger partial charge in [-0.25, -0.2) is 0 Å². The van der Waals surface area contributed by atoms with E-state index in [2.05, 4.69) is 39.9 Å². The number of carbonyl (C=O) groups is 1. The average Bonchev–Trinajstić information content (AvgIpc) is 3.19.